The summed E-state index contributed by atoms with van der Waals surface area (Å²) in [4.78, 5) is 13.8. The van der Waals surface area contributed by atoms with E-state index in [0.29, 0.717) is 19.5 Å². The lowest BCUT2D eigenvalue weighted by Gasteiger charge is -2.13. The van der Waals surface area contributed by atoms with E-state index in [2.05, 4.69) is 10.6 Å². The molecule has 0 aromatic heterocycles. The normalized spacial score (nSPS) is 10.2. The number of halogens is 1. The smallest absolute Gasteiger partial charge is 0.315 e. The van der Waals surface area contributed by atoms with E-state index in [1.54, 1.807) is 12.1 Å². The van der Waals surface area contributed by atoms with Gasteiger partial charge in [-0.25, -0.2) is 9.18 Å². The van der Waals surface area contributed by atoms with Crippen molar-refractivity contribution in [3.63, 3.8) is 0 Å². The predicted molar refractivity (Wildman–Crippen MR) is 91.1 cm³/mol. The molecule has 0 aliphatic carbocycles. The van der Waals surface area contributed by atoms with Crippen LogP contribution in [0.5, 0.6) is 0 Å². The minimum absolute atomic E-state index is 0.205. The first kappa shape index (κ1) is 16.8. The van der Waals surface area contributed by atoms with E-state index in [9.17, 15) is 9.18 Å². The fourth-order valence-electron chi connectivity index (χ4n) is 2.13. The Labute approximate surface area is 136 Å². The van der Waals surface area contributed by atoms with Crippen molar-refractivity contribution in [2.45, 2.75) is 13.0 Å². The van der Waals surface area contributed by atoms with Crippen molar-refractivity contribution < 1.29 is 9.18 Å². The van der Waals surface area contributed by atoms with Gasteiger partial charge in [-0.1, -0.05) is 24.3 Å². The van der Waals surface area contributed by atoms with E-state index in [4.69, 9.17) is 0 Å². The molecule has 2 aromatic carbocycles. The number of rotatable bonds is 6. The lowest BCUT2D eigenvalue weighted by molar-refractivity contribution is 0.240. The van der Waals surface area contributed by atoms with E-state index in [1.165, 1.54) is 12.1 Å². The van der Waals surface area contributed by atoms with Crippen LogP contribution in [0, 0.1) is 5.82 Å². The first-order chi connectivity index (χ1) is 11.0. The highest BCUT2D eigenvalue weighted by molar-refractivity contribution is 5.73. The molecule has 0 unspecified atom stereocenters. The number of hydrogen-bond donors (Lipinski definition) is 2. The number of anilines is 1. The van der Waals surface area contributed by atoms with Gasteiger partial charge in [0.15, 0.2) is 0 Å². The molecule has 2 N–H and O–H groups in total. The van der Waals surface area contributed by atoms with Gasteiger partial charge in [-0.2, -0.15) is 0 Å². The summed E-state index contributed by atoms with van der Waals surface area (Å²) in [5.41, 5.74) is 3.16. The molecule has 0 bridgehead atoms. The summed E-state index contributed by atoms with van der Waals surface area (Å²) in [6, 6.07) is 14.1. The summed E-state index contributed by atoms with van der Waals surface area (Å²) in [6.07, 6.45) is 0.672. The average molecular weight is 315 g/mol. The molecule has 2 rings (SSSR count). The second-order valence-electron chi connectivity index (χ2n) is 5.55. The summed E-state index contributed by atoms with van der Waals surface area (Å²) in [6.45, 7) is 0.993. The van der Waals surface area contributed by atoms with Crippen molar-refractivity contribution in [2.24, 2.45) is 0 Å². The molecule has 2 aromatic rings. The Morgan fingerprint density at radius 2 is 1.57 bits per heavy atom. The molecular formula is C18H22FN3O. The van der Waals surface area contributed by atoms with Crippen LogP contribution < -0.4 is 15.5 Å². The van der Waals surface area contributed by atoms with Crippen molar-refractivity contribution in [1.29, 1.82) is 0 Å². The van der Waals surface area contributed by atoms with Gasteiger partial charge in [0.05, 0.1) is 0 Å². The van der Waals surface area contributed by atoms with Gasteiger partial charge >= 0.3 is 6.03 Å². The summed E-state index contributed by atoms with van der Waals surface area (Å²) in [5.74, 6) is -0.250. The Balaban J connectivity index is 1.69. The first-order valence-electron chi connectivity index (χ1n) is 7.57. The van der Waals surface area contributed by atoms with Gasteiger partial charge in [-0.3, -0.25) is 0 Å². The topological polar surface area (TPSA) is 44.4 Å². The van der Waals surface area contributed by atoms with Crippen molar-refractivity contribution in [3.05, 3.63) is 65.5 Å². The third-order valence-corrected chi connectivity index (χ3v) is 3.52. The molecule has 0 radical (unpaired) electrons. The highest BCUT2D eigenvalue weighted by atomic mass is 19.1. The second-order valence-corrected chi connectivity index (χ2v) is 5.55. The van der Waals surface area contributed by atoms with Crippen LogP contribution >= 0.6 is 0 Å². The third kappa shape index (κ3) is 5.62. The largest absolute Gasteiger partial charge is 0.378 e. The third-order valence-electron chi connectivity index (χ3n) is 3.52. The molecule has 5 heteroatoms. The van der Waals surface area contributed by atoms with Crippen molar-refractivity contribution >= 4 is 11.7 Å². The molecule has 0 atom stereocenters. The van der Waals surface area contributed by atoms with Gasteiger partial charge in [0, 0.05) is 32.9 Å². The minimum atomic E-state index is -0.250. The molecule has 122 valence electrons. The maximum Gasteiger partial charge on any atom is 0.315 e. The minimum Gasteiger partial charge on any atom is -0.378 e. The number of carbonyl (C=O) groups is 1. The lowest BCUT2D eigenvalue weighted by atomic mass is 10.1. The van der Waals surface area contributed by atoms with Gasteiger partial charge in [0.2, 0.25) is 0 Å². The Hall–Kier alpha value is -2.56. The number of nitrogens with one attached hydrogen (secondary N) is 2. The molecule has 0 saturated carbocycles. The average Bonchev–Trinajstić information content (AvgIpc) is 2.55. The molecule has 0 heterocycles. The van der Waals surface area contributed by atoms with Crippen LogP contribution in [0.25, 0.3) is 0 Å². The highest BCUT2D eigenvalue weighted by Crippen LogP contribution is 2.11. The Bertz CT molecular complexity index is 624. The number of amides is 2. The Morgan fingerprint density at radius 3 is 2.17 bits per heavy atom. The Morgan fingerprint density at radius 1 is 0.957 bits per heavy atom. The maximum atomic E-state index is 12.8. The summed E-state index contributed by atoms with van der Waals surface area (Å²) in [7, 11) is 3.98. The molecule has 4 nitrogen and oxygen atoms in total. The van der Waals surface area contributed by atoms with Crippen LogP contribution in [0.2, 0.25) is 0 Å². The quantitative estimate of drug-likeness (QED) is 0.861. The maximum absolute atomic E-state index is 12.8. The molecule has 2 amide bonds. The van der Waals surface area contributed by atoms with Gasteiger partial charge in [0.1, 0.15) is 5.82 Å². The van der Waals surface area contributed by atoms with Crippen molar-refractivity contribution in [1.82, 2.24) is 10.6 Å². The fourth-order valence-corrected chi connectivity index (χ4v) is 2.13. The van der Waals surface area contributed by atoms with Crippen molar-refractivity contribution in [2.75, 3.05) is 25.5 Å². The van der Waals surface area contributed by atoms with Crippen LogP contribution in [0.3, 0.4) is 0 Å². The standard InChI is InChI=1S/C18H22FN3O/c1-22(2)17-9-5-15(6-10-17)13-21-18(23)20-12-11-14-3-7-16(19)8-4-14/h3-10H,11-13H2,1-2H3,(H2,20,21,23). The highest BCUT2D eigenvalue weighted by Gasteiger charge is 2.01. The molecule has 23 heavy (non-hydrogen) atoms. The summed E-state index contributed by atoms with van der Waals surface area (Å²) >= 11 is 0. The summed E-state index contributed by atoms with van der Waals surface area (Å²) in [5, 5.41) is 5.61. The van der Waals surface area contributed by atoms with Crippen molar-refractivity contribution in [3.8, 4) is 0 Å². The first-order valence-corrected chi connectivity index (χ1v) is 7.57. The number of carbonyl (C=O) groups excluding carboxylic acids is 1. The van der Waals surface area contributed by atoms with Gasteiger partial charge in [-0.15, -0.1) is 0 Å². The molecule has 0 aliphatic rings. The van der Waals surface area contributed by atoms with Gasteiger partial charge < -0.3 is 15.5 Å². The van der Waals surface area contributed by atoms with Crippen LogP contribution in [0.1, 0.15) is 11.1 Å². The fraction of sp³-hybridized carbons (Fsp3) is 0.278. The summed E-state index contributed by atoms with van der Waals surface area (Å²) < 4.78 is 12.8. The number of hydrogen-bond acceptors (Lipinski definition) is 2. The molecule has 0 saturated heterocycles. The monoisotopic (exact) mass is 315 g/mol. The van der Waals surface area contributed by atoms with Crippen LogP contribution in [-0.2, 0) is 13.0 Å². The zero-order chi connectivity index (χ0) is 16.7. The van der Waals surface area contributed by atoms with E-state index in [0.717, 1.165) is 16.8 Å². The van der Waals surface area contributed by atoms with E-state index >= 15 is 0 Å². The van der Waals surface area contributed by atoms with Gasteiger partial charge in [0.25, 0.3) is 0 Å². The number of urea groups is 1. The van der Waals surface area contributed by atoms with Crippen LogP contribution in [-0.4, -0.2) is 26.7 Å². The number of benzene rings is 2. The predicted octanol–water partition coefficient (Wildman–Crippen LogP) is 2.93. The molecule has 0 aliphatic heterocycles. The number of nitrogens with zero attached hydrogens (tertiary/aromatic N) is 1. The van der Waals surface area contributed by atoms with Crippen LogP contribution in [0.4, 0.5) is 14.9 Å². The molecule has 0 fully saturated rings. The van der Waals surface area contributed by atoms with E-state index < -0.39 is 0 Å². The zero-order valence-electron chi connectivity index (χ0n) is 13.5. The zero-order valence-corrected chi connectivity index (χ0v) is 13.5. The van der Waals surface area contributed by atoms with E-state index in [-0.39, 0.29) is 11.8 Å². The SMILES string of the molecule is CN(C)c1ccc(CNC(=O)NCCc2ccc(F)cc2)cc1. The molecule has 0 spiro atoms. The van der Waals surface area contributed by atoms with E-state index in [1.807, 2.05) is 43.3 Å². The van der Waals surface area contributed by atoms with Crippen LogP contribution in [0.15, 0.2) is 48.5 Å². The second kappa shape index (κ2) is 8.17. The Kier molecular flexibility index (Phi) is 5.97. The lowest BCUT2D eigenvalue weighted by Crippen LogP contribution is -2.36. The van der Waals surface area contributed by atoms with Gasteiger partial charge in [-0.05, 0) is 41.8 Å². The molecular weight excluding hydrogens is 293 g/mol.